The molecule has 0 bridgehead atoms. The van der Waals surface area contributed by atoms with Gasteiger partial charge in [-0.1, -0.05) is 0 Å². The SMILES string of the molecule is Cc1cc(N2CCN(c3nc4sccn4c3C#N)CC2)nc(N2CCOCC2)n1. The average Bonchev–Trinajstić information content (AvgIpc) is 3.35. The Bertz CT molecular complexity index is 1060. The predicted octanol–water partition coefficient (Wildman–Crippen LogP) is 1.53. The van der Waals surface area contributed by atoms with E-state index in [0.29, 0.717) is 18.9 Å². The number of fused-ring (bicyclic) bond motifs is 1. The summed E-state index contributed by atoms with van der Waals surface area (Å²) in [7, 11) is 0. The first-order chi connectivity index (χ1) is 14.2. The number of anilines is 3. The van der Waals surface area contributed by atoms with Crippen LogP contribution < -0.4 is 14.7 Å². The minimum absolute atomic E-state index is 0.613. The summed E-state index contributed by atoms with van der Waals surface area (Å²) in [5.74, 6) is 2.53. The summed E-state index contributed by atoms with van der Waals surface area (Å²) in [6.45, 7) is 8.36. The number of rotatable bonds is 3. The van der Waals surface area contributed by atoms with E-state index in [1.807, 2.05) is 29.0 Å². The van der Waals surface area contributed by atoms with Crippen molar-refractivity contribution in [1.29, 1.82) is 5.26 Å². The number of nitrogens with zero attached hydrogens (tertiary/aromatic N) is 8. The van der Waals surface area contributed by atoms with Gasteiger partial charge in [-0.25, -0.2) is 4.98 Å². The molecule has 0 aromatic carbocycles. The molecule has 2 saturated heterocycles. The largest absolute Gasteiger partial charge is 0.378 e. The van der Waals surface area contributed by atoms with Crippen LogP contribution in [0.5, 0.6) is 0 Å². The molecular formula is C19H22N8OS. The lowest BCUT2D eigenvalue weighted by molar-refractivity contribution is 0.122. The molecule has 2 aliphatic heterocycles. The van der Waals surface area contributed by atoms with E-state index in [9.17, 15) is 5.26 Å². The van der Waals surface area contributed by atoms with Crippen molar-refractivity contribution < 1.29 is 4.74 Å². The minimum atomic E-state index is 0.613. The van der Waals surface area contributed by atoms with E-state index in [1.165, 1.54) is 0 Å². The molecule has 0 N–H and O–H groups in total. The van der Waals surface area contributed by atoms with Crippen LogP contribution in [0.25, 0.3) is 4.96 Å². The quantitative estimate of drug-likeness (QED) is 0.643. The highest BCUT2D eigenvalue weighted by Gasteiger charge is 2.25. The number of morpholine rings is 1. The molecule has 3 aromatic heterocycles. The average molecular weight is 411 g/mol. The maximum Gasteiger partial charge on any atom is 0.227 e. The van der Waals surface area contributed by atoms with E-state index >= 15 is 0 Å². The zero-order valence-corrected chi connectivity index (χ0v) is 17.1. The molecule has 3 aromatic rings. The van der Waals surface area contributed by atoms with Gasteiger partial charge < -0.3 is 19.4 Å². The second-order valence-electron chi connectivity index (χ2n) is 7.19. The van der Waals surface area contributed by atoms with Gasteiger partial charge in [0.25, 0.3) is 0 Å². The normalized spacial score (nSPS) is 17.7. The van der Waals surface area contributed by atoms with Crippen molar-refractivity contribution in [3.63, 3.8) is 0 Å². The second-order valence-corrected chi connectivity index (χ2v) is 8.07. The van der Waals surface area contributed by atoms with Crippen LogP contribution in [0, 0.1) is 18.3 Å². The maximum atomic E-state index is 9.60. The van der Waals surface area contributed by atoms with Gasteiger partial charge in [0.05, 0.1) is 13.2 Å². The zero-order valence-electron chi connectivity index (χ0n) is 16.3. The van der Waals surface area contributed by atoms with Crippen molar-refractivity contribution in [2.75, 3.05) is 67.2 Å². The van der Waals surface area contributed by atoms with Gasteiger partial charge in [0.15, 0.2) is 16.5 Å². The van der Waals surface area contributed by atoms with Crippen LogP contribution in [-0.2, 0) is 4.74 Å². The van der Waals surface area contributed by atoms with Gasteiger partial charge in [-0.05, 0) is 6.92 Å². The van der Waals surface area contributed by atoms with Crippen LogP contribution in [0.15, 0.2) is 17.6 Å². The van der Waals surface area contributed by atoms with Crippen molar-refractivity contribution in [3.05, 3.63) is 29.0 Å². The van der Waals surface area contributed by atoms with E-state index < -0.39 is 0 Å². The molecule has 9 nitrogen and oxygen atoms in total. The number of hydrogen-bond acceptors (Lipinski definition) is 9. The molecule has 0 radical (unpaired) electrons. The highest BCUT2D eigenvalue weighted by atomic mass is 32.1. The van der Waals surface area contributed by atoms with Crippen LogP contribution in [-0.4, -0.2) is 71.8 Å². The Hall–Kier alpha value is -2.90. The van der Waals surface area contributed by atoms with Crippen LogP contribution in [0.4, 0.5) is 17.6 Å². The molecule has 2 aliphatic rings. The first-order valence-corrected chi connectivity index (χ1v) is 10.6. The predicted molar refractivity (Wildman–Crippen MR) is 112 cm³/mol. The Labute approximate surface area is 172 Å². The van der Waals surface area contributed by atoms with E-state index in [4.69, 9.17) is 9.72 Å². The molecule has 5 heterocycles. The molecule has 29 heavy (non-hydrogen) atoms. The van der Waals surface area contributed by atoms with Gasteiger partial charge in [0, 0.05) is 62.6 Å². The summed E-state index contributed by atoms with van der Waals surface area (Å²) < 4.78 is 7.31. The van der Waals surface area contributed by atoms with Gasteiger partial charge >= 0.3 is 0 Å². The standard InChI is InChI=1S/C19H22N8OS/c1-14-12-16(22-18(21-14)26-6-9-28-10-7-26)24-2-4-25(5-3-24)17-15(13-20)27-8-11-29-19(27)23-17/h8,11-12H,2-7,9-10H2,1H3. The topological polar surface area (TPSA) is 85.8 Å². The molecule has 0 unspecified atom stereocenters. The number of hydrogen-bond donors (Lipinski definition) is 0. The summed E-state index contributed by atoms with van der Waals surface area (Å²) in [6, 6.07) is 4.36. The van der Waals surface area contributed by atoms with Crippen LogP contribution >= 0.6 is 11.3 Å². The van der Waals surface area contributed by atoms with Crippen LogP contribution in [0.1, 0.15) is 11.4 Å². The first kappa shape index (κ1) is 18.1. The van der Waals surface area contributed by atoms with Gasteiger partial charge in [0.1, 0.15) is 11.9 Å². The van der Waals surface area contributed by atoms with Crippen molar-refractivity contribution in [1.82, 2.24) is 19.4 Å². The fourth-order valence-corrected chi connectivity index (χ4v) is 4.56. The lowest BCUT2D eigenvalue weighted by Crippen LogP contribution is -2.47. The summed E-state index contributed by atoms with van der Waals surface area (Å²) in [6.07, 6.45) is 1.90. The van der Waals surface area contributed by atoms with E-state index in [-0.39, 0.29) is 0 Å². The third-order valence-corrected chi connectivity index (χ3v) is 6.13. The van der Waals surface area contributed by atoms with E-state index in [0.717, 1.165) is 67.5 Å². The van der Waals surface area contributed by atoms with Crippen molar-refractivity contribution in [2.45, 2.75) is 6.92 Å². The number of aromatic nitrogens is 4. The van der Waals surface area contributed by atoms with Crippen molar-refractivity contribution >= 4 is 33.9 Å². The number of thiazole rings is 1. The molecule has 2 fully saturated rings. The molecule has 0 aliphatic carbocycles. The first-order valence-electron chi connectivity index (χ1n) is 9.77. The fourth-order valence-electron chi connectivity index (χ4n) is 3.85. The van der Waals surface area contributed by atoms with Gasteiger partial charge in [0.2, 0.25) is 5.95 Å². The number of aryl methyl sites for hydroxylation is 1. The van der Waals surface area contributed by atoms with E-state index in [1.54, 1.807) is 11.3 Å². The summed E-state index contributed by atoms with van der Waals surface area (Å²) >= 11 is 1.55. The molecule has 150 valence electrons. The molecular weight excluding hydrogens is 388 g/mol. The Morgan fingerprint density at radius 3 is 2.52 bits per heavy atom. The third-order valence-electron chi connectivity index (χ3n) is 5.38. The monoisotopic (exact) mass is 410 g/mol. The molecule has 0 saturated carbocycles. The molecule has 5 rings (SSSR count). The summed E-state index contributed by atoms with van der Waals surface area (Å²) in [5, 5.41) is 11.5. The molecule has 0 amide bonds. The molecule has 0 spiro atoms. The lowest BCUT2D eigenvalue weighted by Gasteiger charge is -2.36. The minimum Gasteiger partial charge on any atom is -0.378 e. The summed E-state index contributed by atoms with van der Waals surface area (Å²) in [5.41, 5.74) is 1.59. The van der Waals surface area contributed by atoms with Crippen LogP contribution in [0.3, 0.4) is 0 Å². The van der Waals surface area contributed by atoms with Gasteiger partial charge in [-0.15, -0.1) is 11.3 Å². The number of ether oxygens (including phenoxy) is 1. The Balaban J connectivity index is 1.33. The Morgan fingerprint density at radius 1 is 1.00 bits per heavy atom. The Morgan fingerprint density at radius 2 is 1.76 bits per heavy atom. The third kappa shape index (κ3) is 3.36. The van der Waals surface area contributed by atoms with Gasteiger partial charge in [-0.3, -0.25) is 4.40 Å². The smallest absolute Gasteiger partial charge is 0.227 e. The molecule has 0 atom stereocenters. The van der Waals surface area contributed by atoms with Crippen molar-refractivity contribution in [2.24, 2.45) is 0 Å². The van der Waals surface area contributed by atoms with Crippen LogP contribution in [0.2, 0.25) is 0 Å². The zero-order chi connectivity index (χ0) is 19.8. The number of imidazole rings is 1. The fraction of sp³-hybridized carbons (Fsp3) is 0.474. The maximum absolute atomic E-state index is 9.60. The van der Waals surface area contributed by atoms with Crippen molar-refractivity contribution in [3.8, 4) is 6.07 Å². The Kier molecular flexibility index (Phi) is 4.69. The highest BCUT2D eigenvalue weighted by molar-refractivity contribution is 7.15. The molecule has 10 heteroatoms. The van der Waals surface area contributed by atoms with E-state index in [2.05, 4.69) is 30.7 Å². The number of nitriles is 1. The number of piperazine rings is 1. The second kappa shape index (κ2) is 7.50. The summed E-state index contributed by atoms with van der Waals surface area (Å²) in [4.78, 5) is 21.7. The lowest BCUT2D eigenvalue weighted by atomic mass is 10.3. The van der Waals surface area contributed by atoms with Gasteiger partial charge in [-0.2, -0.15) is 15.2 Å². The highest BCUT2D eigenvalue weighted by Crippen LogP contribution is 2.26.